The summed E-state index contributed by atoms with van der Waals surface area (Å²) in [5, 5.41) is 0.930. The largest absolute Gasteiger partial charge is 0.573 e. The smallest absolute Gasteiger partial charge is 0.451 e. The molecule has 4 rings (SSSR count). The van der Waals surface area contributed by atoms with Gasteiger partial charge in [-0.25, -0.2) is 4.79 Å². The highest BCUT2D eigenvalue weighted by Gasteiger charge is 2.41. The lowest BCUT2D eigenvalue weighted by atomic mass is 9.71. The van der Waals surface area contributed by atoms with Gasteiger partial charge < -0.3 is 18.6 Å². The summed E-state index contributed by atoms with van der Waals surface area (Å²) >= 11 is -1.81. The maximum absolute atomic E-state index is 13.7. The minimum absolute atomic E-state index is 0.00587. The van der Waals surface area contributed by atoms with Crippen LogP contribution in [0, 0.1) is 0 Å². The summed E-state index contributed by atoms with van der Waals surface area (Å²) in [4.78, 5) is 29.5. The molecular formula is C28H34N4O5S. The average Bonchev–Trinajstić information content (AvgIpc) is 3.12. The quantitative estimate of drug-likeness (QED) is 0.265. The number of carbonyl (C=O) groups excluding carboxylic acids is 2. The Morgan fingerprint density at radius 3 is 2.63 bits per heavy atom. The van der Waals surface area contributed by atoms with E-state index in [0.717, 1.165) is 33.3 Å². The minimum Gasteiger partial charge on any atom is -0.573 e. The number of ether oxygens (including phenoxy) is 2. The molecule has 10 heteroatoms. The van der Waals surface area contributed by atoms with E-state index in [1.807, 2.05) is 31.3 Å². The van der Waals surface area contributed by atoms with Gasteiger partial charge in [-0.3, -0.25) is 9.79 Å². The first-order valence-corrected chi connectivity index (χ1v) is 13.5. The van der Waals surface area contributed by atoms with Crippen molar-refractivity contribution in [1.29, 1.82) is 0 Å². The number of hydrogen-bond acceptors (Lipinski definition) is 7. The number of nitrogens with one attached hydrogen (secondary N) is 2. The van der Waals surface area contributed by atoms with E-state index in [1.54, 1.807) is 40.1 Å². The van der Waals surface area contributed by atoms with Gasteiger partial charge in [0.25, 0.3) is 0 Å². The number of rotatable bonds is 7. The summed E-state index contributed by atoms with van der Waals surface area (Å²) in [6, 6.07) is 11.5. The van der Waals surface area contributed by atoms with Gasteiger partial charge in [-0.1, -0.05) is 26.0 Å². The molecule has 1 unspecified atom stereocenters. The van der Waals surface area contributed by atoms with Crippen molar-refractivity contribution in [3.8, 4) is 5.75 Å². The Kier molecular flexibility index (Phi) is 7.60. The van der Waals surface area contributed by atoms with Crippen LogP contribution in [-0.4, -0.2) is 53.0 Å². The lowest BCUT2D eigenvalue weighted by molar-refractivity contribution is 0.0569. The van der Waals surface area contributed by atoms with Gasteiger partial charge in [0.05, 0.1) is 12.1 Å². The number of nitrogens with zero attached hydrogens (tertiary/aromatic N) is 2. The third-order valence-corrected chi connectivity index (χ3v) is 7.23. The number of ketones is 1. The van der Waals surface area contributed by atoms with Crippen molar-refractivity contribution in [2.45, 2.75) is 45.6 Å². The van der Waals surface area contributed by atoms with Crippen molar-refractivity contribution in [3.05, 3.63) is 64.3 Å². The standard InChI is InChI=1S/C28H34N4O5S/c1-27(2,3)37-26(34)31-38(35)30-12-13-36-18-9-11-19-21(15-18)28(4,5)25-23(24(19)33)20-10-8-17(16-29-6)14-22(20)32(25)7/h8-11,14-16,30H,12-13H2,1-7H3,(H,31,34)/b29-16-. The number of carbonyl (C=O) groups is 2. The number of aryl methyl sites for hydroxylation is 1. The highest BCUT2D eigenvalue weighted by atomic mass is 32.2. The molecule has 2 aromatic carbocycles. The van der Waals surface area contributed by atoms with E-state index in [4.69, 9.17) is 9.47 Å². The number of benzene rings is 2. The fourth-order valence-electron chi connectivity index (χ4n) is 4.95. The van der Waals surface area contributed by atoms with Gasteiger partial charge in [0.1, 0.15) is 18.0 Å². The molecule has 1 aromatic heterocycles. The minimum atomic E-state index is -1.81. The molecule has 2 N–H and O–H groups in total. The SMILES string of the molecule is C/N=C\c1ccc2c3c(n(C)c2c1)C(C)(C)c1cc(OCCN[S+]([O-])NC(=O)OC(C)(C)C)ccc1C3=O. The Labute approximate surface area is 226 Å². The van der Waals surface area contributed by atoms with Crippen LogP contribution in [0.5, 0.6) is 5.75 Å². The lowest BCUT2D eigenvalue weighted by Crippen LogP contribution is -2.43. The van der Waals surface area contributed by atoms with Crippen molar-refractivity contribution in [1.82, 2.24) is 14.0 Å². The first-order chi connectivity index (χ1) is 17.8. The van der Waals surface area contributed by atoms with E-state index in [0.29, 0.717) is 11.3 Å². The molecule has 9 nitrogen and oxygen atoms in total. The summed E-state index contributed by atoms with van der Waals surface area (Å²) in [5.41, 5.74) is 4.06. The molecule has 1 aliphatic rings. The summed E-state index contributed by atoms with van der Waals surface area (Å²) in [6.45, 7) is 9.83. The predicted octanol–water partition coefficient (Wildman–Crippen LogP) is 4.17. The first-order valence-electron chi connectivity index (χ1n) is 12.4. The van der Waals surface area contributed by atoms with Crippen LogP contribution in [0.25, 0.3) is 10.9 Å². The Morgan fingerprint density at radius 1 is 1.21 bits per heavy atom. The van der Waals surface area contributed by atoms with Crippen LogP contribution in [0.4, 0.5) is 4.79 Å². The number of fused-ring (bicyclic) bond motifs is 4. The lowest BCUT2D eigenvalue weighted by Gasteiger charge is -2.33. The van der Waals surface area contributed by atoms with Crippen molar-refractivity contribution in [3.63, 3.8) is 0 Å². The normalized spacial score (nSPS) is 15.3. The first kappa shape index (κ1) is 27.7. The van der Waals surface area contributed by atoms with Gasteiger partial charge in [0.2, 0.25) is 0 Å². The number of aromatic nitrogens is 1. The summed E-state index contributed by atoms with van der Waals surface area (Å²) in [6.07, 6.45) is 1.03. The molecule has 0 spiro atoms. The summed E-state index contributed by atoms with van der Waals surface area (Å²) < 4.78 is 30.0. The van der Waals surface area contributed by atoms with Crippen LogP contribution in [-0.2, 0) is 28.7 Å². The second-order valence-corrected chi connectivity index (χ2v) is 11.8. The highest BCUT2D eigenvalue weighted by molar-refractivity contribution is 7.88. The van der Waals surface area contributed by atoms with Crippen LogP contribution in [0.15, 0.2) is 41.4 Å². The molecule has 1 aliphatic carbocycles. The topological polar surface area (TPSA) is 117 Å². The zero-order valence-corrected chi connectivity index (χ0v) is 23.6. The molecule has 0 saturated carbocycles. The van der Waals surface area contributed by atoms with Crippen molar-refractivity contribution in [2.75, 3.05) is 20.2 Å². The van der Waals surface area contributed by atoms with Crippen molar-refractivity contribution in [2.24, 2.45) is 12.0 Å². The zero-order chi connectivity index (χ0) is 27.8. The van der Waals surface area contributed by atoms with Crippen LogP contribution in [0.3, 0.4) is 0 Å². The summed E-state index contributed by atoms with van der Waals surface area (Å²) in [5.74, 6) is 0.592. The number of aliphatic imine (C=N–C) groups is 1. The molecule has 202 valence electrons. The number of hydrogen-bond donors (Lipinski definition) is 2. The Balaban J connectivity index is 1.50. The van der Waals surface area contributed by atoms with Crippen LogP contribution in [0.1, 0.15) is 67.4 Å². The molecule has 0 saturated heterocycles. The second kappa shape index (κ2) is 10.4. The van der Waals surface area contributed by atoms with Crippen molar-refractivity contribution >= 4 is 40.5 Å². The summed E-state index contributed by atoms with van der Waals surface area (Å²) in [7, 11) is 3.73. The van der Waals surface area contributed by atoms with E-state index in [9.17, 15) is 14.1 Å². The van der Waals surface area contributed by atoms with E-state index in [2.05, 4.69) is 38.9 Å². The van der Waals surface area contributed by atoms with Crippen molar-refractivity contribution < 1.29 is 23.6 Å². The van der Waals surface area contributed by atoms with E-state index in [1.165, 1.54) is 0 Å². The molecule has 1 atom stereocenters. The van der Waals surface area contributed by atoms with Crippen LogP contribution in [0.2, 0.25) is 0 Å². The molecule has 1 heterocycles. The number of amides is 1. The third-order valence-electron chi connectivity index (χ3n) is 6.41. The fourth-order valence-corrected chi connectivity index (χ4v) is 5.48. The van der Waals surface area contributed by atoms with Crippen LogP contribution >= 0.6 is 0 Å². The van der Waals surface area contributed by atoms with Gasteiger partial charge in [-0.15, -0.1) is 9.44 Å². The molecule has 0 fully saturated rings. The van der Waals surface area contributed by atoms with Crippen LogP contribution < -0.4 is 14.2 Å². The van der Waals surface area contributed by atoms with E-state index in [-0.39, 0.29) is 18.9 Å². The Bertz CT molecular complexity index is 1420. The Morgan fingerprint density at radius 2 is 1.95 bits per heavy atom. The predicted molar refractivity (Wildman–Crippen MR) is 149 cm³/mol. The molecule has 0 bridgehead atoms. The third kappa shape index (κ3) is 5.43. The second-order valence-electron chi connectivity index (χ2n) is 10.7. The van der Waals surface area contributed by atoms with Gasteiger partial charge in [-0.05, 0) is 56.2 Å². The molecule has 38 heavy (non-hydrogen) atoms. The molecule has 0 radical (unpaired) electrons. The van der Waals surface area contributed by atoms with Gasteiger partial charge in [0, 0.05) is 47.9 Å². The molecule has 1 amide bonds. The van der Waals surface area contributed by atoms with Gasteiger partial charge >= 0.3 is 6.09 Å². The van der Waals surface area contributed by atoms with Gasteiger partial charge in [0.15, 0.2) is 17.3 Å². The zero-order valence-electron chi connectivity index (χ0n) is 22.8. The highest BCUT2D eigenvalue weighted by Crippen LogP contribution is 2.46. The monoisotopic (exact) mass is 538 g/mol. The molecular weight excluding hydrogens is 504 g/mol. The maximum Gasteiger partial charge on any atom is 0.451 e. The fraction of sp³-hybridized carbons (Fsp3) is 0.393. The van der Waals surface area contributed by atoms with E-state index < -0.39 is 28.7 Å². The van der Waals surface area contributed by atoms with Gasteiger partial charge in [-0.2, -0.15) is 0 Å². The molecule has 0 aliphatic heterocycles. The maximum atomic E-state index is 13.7. The average molecular weight is 539 g/mol. The molecule has 3 aromatic rings. The Hall–Kier alpha value is -3.34. The van der Waals surface area contributed by atoms with E-state index >= 15 is 0 Å².